The number of nitrogens with zero attached hydrogens (tertiary/aromatic N) is 5. The minimum absolute atomic E-state index is 0.422. The summed E-state index contributed by atoms with van der Waals surface area (Å²) in [4.78, 5) is 12.5. The summed E-state index contributed by atoms with van der Waals surface area (Å²) in [6.07, 6.45) is 6.49. The van der Waals surface area contributed by atoms with E-state index in [-0.39, 0.29) is 0 Å². The van der Waals surface area contributed by atoms with Crippen molar-refractivity contribution in [3.63, 3.8) is 0 Å². The number of aromatic nitrogens is 6. The highest BCUT2D eigenvalue weighted by Crippen LogP contribution is 2.34. The van der Waals surface area contributed by atoms with E-state index in [2.05, 4.69) is 56.6 Å². The molecule has 0 aliphatic heterocycles. The summed E-state index contributed by atoms with van der Waals surface area (Å²) in [6, 6.07) is 6.63. The molecule has 132 valence electrons. The molecule has 5 rings (SSSR count). The van der Waals surface area contributed by atoms with Gasteiger partial charge >= 0.3 is 0 Å². The summed E-state index contributed by atoms with van der Waals surface area (Å²) in [5, 5.41) is 12.8. The highest BCUT2D eigenvalue weighted by molar-refractivity contribution is 5.95. The Hall–Kier alpha value is -2.96. The Morgan fingerprint density at radius 1 is 1.35 bits per heavy atom. The molecular formula is C19H21N7. The Labute approximate surface area is 150 Å². The molecule has 4 aromatic rings. The second-order valence-electron chi connectivity index (χ2n) is 7.04. The van der Waals surface area contributed by atoms with Gasteiger partial charge in [0.05, 0.1) is 5.52 Å². The third-order valence-corrected chi connectivity index (χ3v) is 5.24. The standard InChI is InChI=1S/C19H21N7/c1-3-26-17-8-13(6-7-16(17)24-25-26)14-9-20-18-15(14)10-21-19(23-18)22-11(2)12-4-5-12/h6-12H,3-5H2,1-2H3,(H2,20,21,22,23). The zero-order valence-electron chi connectivity index (χ0n) is 14.9. The van der Waals surface area contributed by atoms with Crippen molar-refractivity contribution in [2.75, 3.05) is 5.32 Å². The molecule has 0 saturated heterocycles. The van der Waals surface area contributed by atoms with Gasteiger partial charge in [-0.2, -0.15) is 4.98 Å². The molecular weight excluding hydrogens is 326 g/mol. The third kappa shape index (κ3) is 2.51. The first-order valence-corrected chi connectivity index (χ1v) is 9.17. The number of fused-ring (bicyclic) bond motifs is 2. The largest absolute Gasteiger partial charge is 0.351 e. The molecule has 1 fully saturated rings. The van der Waals surface area contributed by atoms with Crippen LogP contribution >= 0.6 is 0 Å². The minimum Gasteiger partial charge on any atom is -0.351 e. The van der Waals surface area contributed by atoms with E-state index in [1.807, 2.05) is 23.1 Å². The second-order valence-corrected chi connectivity index (χ2v) is 7.04. The zero-order valence-corrected chi connectivity index (χ0v) is 14.9. The molecule has 0 bridgehead atoms. The molecule has 3 heterocycles. The van der Waals surface area contributed by atoms with E-state index in [1.165, 1.54) is 12.8 Å². The average molecular weight is 347 g/mol. The van der Waals surface area contributed by atoms with Crippen LogP contribution in [0.25, 0.3) is 33.2 Å². The fourth-order valence-corrected chi connectivity index (χ4v) is 3.50. The Kier molecular flexibility index (Phi) is 3.41. The van der Waals surface area contributed by atoms with Crippen LogP contribution in [0.1, 0.15) is 26.7 Å². The van der Waals surface area contributed by atoms with Crippen molar-refractivity contribution < 1.29 is 0 Å². The van der Waals surface area contributed by atoms with Crippen LogP contribution in [0.15, 0.2) is 30.6 Å². The van der Waals surface area contributed by atoms with Crippen molar-refractivity contribution >= 4 is 28.0 Å². The summed E-state index contributed by atoms with van der Waals surface area (Å²) in [7, 11) is 0. The van der Waals surface area contributed by atoms with Crippen LogP contribution in [0.5, 0.6) is 0 Å². The van der Waals surface area contributed by atoms with Crippen LogP contribution < -0.4 is 5.32 Å². The number of anilines is 1. The Morgan fingerprint density at radius 2 is 2.23 bits per heavy atom. The van der Waals surface area contributed by atoms with E-state index < -0.39 is 0 Å². The fraction of sp³-hybridized carbons (Fsp3) is 0.368. The fourth-order valence-electron chi connectivity index (χ4n) is 3.50. The van der Waals surface area contributed by atoms with Crippen molar-refractivity contribution in [2.45, 2.75) is 39.3 Å². The molecule has 1 unspecified atom stereocenters. The first-order chi connectivity index (χ1) is 12.7. The van der Waals surface area contributed by atoms with Gasteiger partial charge in [-0.3, -0.25) is 0 Å². The quantitative estimate of drug-likeness (QED) is 0.576. The molecule has 1 atom stereocenters. The second kappa shape index (κ2) is 5.79. The molecule has 0 amide bonds. The van der Waals surface area contributed by atoms with Crippen molar-refractivity contribution in [1.82, 2.24) is 29.9 Å². The maximum atomic E-state index is 4.65. The van der Waals surface area contributed by atoms with E-state index in [9.17, 15) is 0 Å². The maximum absolute atomic E-state index is 4.65. The summed E-state index contributed by atoms with van der Waals surface area (Å²) in [5.41, 5.74) is 5.00. The number of hydrogen-bond acceptors (Lipinski definition) is 5. The van der Waals surface area contributed by atoms with Gasteiger partial charge in [0.25, 0.3) is 0 Å². The molecule has 7 heteroatoms. The monoisotopic (exact) mass is 347 g/mol. The molecule has 1 aliphatic rings. The van der Waals surface area contributed by atoms with Gasteiger partial charge in [-0.1, -0.05) is 11.3 Å². The van der Waals surface area contributed by atoms with Gasteiger partial charge in [0, 0.05) is 35.9 Å². The van der Waals surface area contributed by atoms with Crippen LogP contribution in [0.4, 0.5) is 5.95 Å². The number of hydrogen-bond donors (Lipinski definition) is 2. The molecule has 26 heavy (non-hydrogen) atoms. The number of nitrogens with one attached hydrogen (secondary N) is 2. The lowest BCUT2D eigenvalue weighted by atomic mass is 10.1. The van der Waals surface area contributed by atoms with Crippen molar-refractivity contribution in [1.29, 1.82) is 0 Å². The number of rotatable bonds is 5. The van der Waals surface area contributed by atoms with Crippen LogP contribution in [0, 0.1) is 5.92 Å². The number of H-pyrrole nitrogens is 1. The van der Waals surface area contributed by atoms with Crippen molar-refractivity contribution in [3.05, 3.63) is 30.6 Å². The highest BCUT2D eigenvalue weighted by Gasteiger charge is 2.28. The lowest BCUT2D eigenvalue weighted by molar-refractivity contribution is 0.646. The lowest BCUT2D eigenvalue weighted by Crippen LogP contribution is -2.18. The van der Waals surface area contributed by atoms with Crippen LogP contribution in [-0.2, 0) is 6.54 Å². The summed E-state index contributed by atoms with van der Waals surface area (Å²) in [6.45, 7) is 5.06. The highest BCUT2D eigenvalue weighted by atomic mass is 15.4. The van der Waals surface area contributed by atoms with Crippen LogP contribution in [0.2, 0.25) is 0 Å². The van der Waals surface area contributed by atoms with Gasteiger partial charge in [0.1, 0.15) is 11.2 Å². The number of aromatic amines is 1. The zero-order chi connectivity index (χ0) is 17.7. The first kappa shape index (κ1) is 15.3. The molecule has 1 saturated carbocycles. The van der Waals surface area contributed by atoms with Gasteiger partial charge in [0.15, 0.2) is 0 Å². The summed E-state index contributed by atoms with van der Waals surface area (Å²) >= 11 is 0. The van der Waals surface area contributed by atoms with Gasteiger partial charge in [-0.05, 0) is 50.3 Å². The van der Waals surface area contributed by atoms with E-state index in [0.29, 0.717) is 12.0 Å². The summed E-state index contributed by atoms with van der Waals surface area (Å²) in [5.74, 6) is 1.45. The van der Waals surface area contributed by atoms with Gasteiger partial charge in [-0.15, -0.1) is 5.10 Å². The van der Waals surface area contributed by atoms with Crippen molar-refractivity contribution in [3.8, 4) is 11.1 Å². The van der Waals surface area contributed by atoms with Gasteiger partial charge in [-0.25, -0.2) is 9.67 Å². The minimum atomic E-state index is 0.422. The van der Waals surface area contributed by atoms with Crippen molar-refractivity contribution in [2.24, 2.45) is 5.92 Å². The van der Waals surface area contributed by atoms with E-state index in [0.717, 1.165) is 45.7 Å². The molecule has 0 spiro atoms. The topological polar surface area (TPSA) is 84.3 Å². The summed E-state index contributed by atoms with van der Waals surface area (Å²) < 4.78 is 1.91. The van der Waals surface area contributed by atoms with Crippen LogP contribution in [-0.4, -0.2) is 36.0 Å². The number of benzene rings is 1. The SMILES string of the molecule is CCn1nnc2ccc(-c3c[nH]c4nc(NC(C)C5CC5)ncc34)cc21. The number of aryl methyl sites for hydroxylation is 1. The lowest BCUT2D eigenvalue weighted by Gasteiger charge is -2.12. The van der Waals surface area contributed by atoms with E-state index in [4.69, 9.17) is 0 Å². The van der Waals surface area contributed by atoms with Crippen LogP contribution in [0.3, 0.4) is 0 Å². The van der Waals surface area contributed by atoms with E-state index in [1.54, 1.807) is 0 Å². The third-order valence-electron chi connectivity index (χ3n) is 5.24. The average Bonchev–Trinajstić information content (AvgIpc) is 3.31. The normalized spacial score (nSPS) is 15.6. The predicted octanol–water partition coefficient (Wildman–Crippen LogP) is 3.60. The van der Waals surface area contributed by atoms with Gasteiger partial charge in [0.2, 0.25) is 5.95 Å². The molecule has 1 aliphatic carbocycles. The predicted molar refractivity (Wildman–Crippen MR) is 102 cm³/mol. The Bertz CT molecular complexity index is 1090. The van der Waals surface area contributed by atoms with E-state index >= 15 is 0 Å². The first-order valence-electron chi connectivity index (χ1n) is 9.17. The molecule has 7 nitrogen and oxygen atoms in total. The van der Waals surface area contributed by atoms with Gasteiger partial charge < -0.3 is 10.3 Å². The maximum Gasteiger partial charge on any atom is 0.224 e. The molecule has 0 radical (unpaired) electrons. The molecule has 3 aromatic heterocycles. The molecule has 1 aromatic carbocycles. The molecule has 2 N–H and O–H groups in total. The Balaban J connectivity index is 1.52. The Morgan fingerprint density at radius 3 is 3.04 bits per heavy atom. The smallest absolute Gasteiger partial charge is 0.224 e.